The van der Waals surface area contributed by atoms with Gasteiger partial charge >= 0.3 is 6.09 Å². The van der Waals surface area contributed by atoms with Gasteiger partial charge in [0.25, 0.3) is 0 Å². The van der Waals surface area contributed by atoms with Crippen LogP contribution in [0.5, 0.6) is 5.75 Å². The van der Waals surface area contributed by atoms with Crippen LogP contribution in [0.15, 0.2) is 18.2 Å². The van der Waals surface area contributed by atoms with Crippen LogP contribution < -0.4 is 10.1 Å². The lowest BCUT2D eigenvalue weighted by atomic mass is 10.1. The molecule has 1 saturated heterocycles. The summed E-state index contributed by atoms with van der Waals surface area (Å²) in [5.74, 6) is 0.624. The van der Waals surface area contributed by atoms with Gasteiger partial charge in [-0.1, -0.05) is 11.6 Å². The Balaban J connectivity index is 2.02. The van der Waals surface area contributed by atoms with Crippen molar-refractivity contribution in [1.82, 2.24) is 5.32 Å². The zero-order valence-electron chi connectivity index (χ0n) is 10.5. The molecule has 5 nitrogen and oxygen atoms in total. The molecule has 0 aliphatic carbocycles. The zero-order chi connectivity index (χ0) is 13.1. The first-order valence-electron chi connectivity index (χ1n) is 5.92. The molecule has 5 heteroatoms. The van der Waals surface area contributed by atoms with Crippen LogP contribution in [0.3, 0.4) is 0 Å². The molecule has 2 atom stereocenters. The van der Waals surface area contributed by atoms with Crippen LogP contribution in [0.1, 0.15) is 24.2 Å². The highest BCUT2D eigenvalue weighted by atomic mass is 16.6. The van der Waals surface area contributed by atoms with Crippen LogP contribution in [0, 0.1) is 6.92 Å². The number of benzene rings is 1. The molecule has 98 valence electrons. The number of cyclic esters (lactones) is 1. The summed E-state index contributed by atoms with van der Waals surface area (Å²) in [7, 11) is 0. The Morgan fingerprint density at radius 1 is 1.61 bits per heavy atom. The van der Waals surface area contributed by atoms with Crippen molar-refractivity contribution in [1.29, 1.82) is 0 Å². The van der Waals surface area contributed by atoms with E-state index < -0.39 is 12.2 Å². The molecule has 18 heavy (non-hydrogen) atoms. The van der Waals surface area contributed by atoms with Gasteiger partial charge in [-0.15, -0.1) is 0 Å². The summed E-state index contributed by atoms with van der Waals surface area (Å²) in [5, 5.41) is 12.2. The van der Waals surface area contributed by atoms with Gasteiger partial charge in [0, 0.05) is 5.56 Å². The standard InChI is InChI=1S/C13H17NO4/c1-8-3-4-12(11(5-8)9(2)15)17-7-10-6-14-13(16)18-10/h3-5,9-10,15H,6-7H2,1-2H3,(H,14,16)/t9-,10?/m1/s1. The van der Waals surface area contributed by atoms with Gasteiger partial charge in [0.2, 0.25) is 0 Å². The van der Waals surface area contributed by atoms with Crippen LogP contribution in [0.4, 0.5) is 4.79 Å². The molecule has 1 fully saturated rings. The van der Waals surface area contributed by atoms with Gasteiger partial charge in [0.15, 0.2) is 6.10 Å². The van der Waals surface area contributed by atoms with Gasteiger partial charge in [-0.3, -0.25) is 0 Å². The van der Waals surface area contributed by atoms with Gasteiger partial charge in [0.1, 0.15) is 12.4 Å². The van der Waals surface area contributed by atoms with Gasteiger partial charge < -0.3 is 19.9 Å². The first-order valence-corrected chi connectivity index (χ1v) is 5.92. The van der Waals surface area contributed by atoms with Crippen molar-refractivity contribution < 1.29 is 19.4 Å². The molecule has 0 aromatic heterocycles. The number of hydrogen-bond donors (Lipinski definition) is 2. The summed E-state index contributed by atoms with van der Waals surface area (Å²) in [6.45, 7) is 4.38. The third-order valence-corrected chi connectivity index (χ3v) is 2.79. The Morgan fingerprint density at radius 2 is 2.39 bits per heavy atom. The van der Waals surface area contributed by atoms with E-state index in [9.17, 15) is 9.90 Å². The molecule has 1 heterocycles. The predicted molar refractivity (Wildman–Crippen MR) is 65.6 cm³/mol. The fourth-order valence-corrected chi connectivity index (χ4v) is 1.83. The molecule has 1 aliphatic rings. The molecular formula is C13H17NO4. The first kappa shape index (κ1) is 12.7. The SMILES string of the molecule is Cc1ccc(OCC2CNC(=O)O2)c([C@@H](C)O)c1. The second-order valence-corrected chi connectivity index (χ2v) is 4.44. The minimum Gasteiger partial charge on any atom is -0.489 e. The monoisotopic (exact) mass is 251 g/mol. The number of nitrogens with one attached hydrogen (secondary N) is 1. The molecule has 1 aliphatic heterocycles. The van der Waals surface area contributed by atoms with E-state index in [1.807, 2.05) is 25.1 Å². The highest BCUT2D eigenvalue weighted by Crippen LogP contribution is 2.26. The summed E-state index contributed by atoms with van der Waals surface area (Å²) in [5.41, 5.74) is 1.81. The average Bonchev–Trinajstić information content (AvgIpc) is 2.73. The molecule has 1 aromatic rings. The molecule has 1 unspecified atom stereocenters. The molecule has 0 bridgehead atoms. The Bertz CT molecular complexity index is 445. The van der Waals surface area contributed by atoms with Crippen molar-refractivity contribution in [2.75, 3.05) is 13.2 Å². The lowest BCUT2D eigenvalue weighted by molar-refractivity contribution is 0.102. The normalized spacial score (nSPS) is 20.2. The molecule has 0 saturated carbocycles. The van der Waals surface area contributed by atoms with E-state index in [0.29, 0.717) is 12.3 Å². The van der Waals surface area contributed by atoms with E-state index in [0.717, 1.165) is 11.1 Å². The lowest BCUT2D eigenvalue weighted by Crippen LogP contribution is -2.22. The second-order valence-electron chi connectivity index (χ2n) is 4.44. The van der Waals surface area contributed by atoms with Gasteiger partial charge in [-0.05, 0) is 26.0 Å². The summed E-state index contributed by atoms with van der Waals surface area (Å²) < 4.78 is 10.6. The lowest BCUT2D eigenvalue weighted by Gasteiger charge is -2.16. The minimum atomic E-state index is -0.593. The molecule has 2 rings (SSSR count). The molecule has 1 amide bonds. The predicted octanol–water partition coefficient (Wildman–Crippen LogP) is 1.54. The number of aliphatic hydroxyl groups excluding tert-OH is 1. The highest BCUT2D eigenvalue weighted by molar-refractivity contribution is 5.69. The smallest absolute Gasteiger partial charge is 0.407 e. The maximum absolute atomic E-state index is 10.9. The van der Waals surface area contributed by atoms with Crippen LogP contribution in [-0.4, -0.2) is 30.5 Å². The van der Waals surface area contributed by atoms with E-state index in [1.165, 1.54) is 0 Å². The summed E-state index contributed by atoms with van der Waals surface area (Å²) >= 11 is 0. The molecule has 0 radical (unpaired) electrons. The Labute approximate surface area is 106 Å². The number of rotatable bonds is 4. The Morgan fingerprint density at radius 3 is 3.00 bits per heavy atom. The van der Waals surface area contributed by atoms with Gasteiger partial charge in [0.05, 0.1) is 12.6 Å². The van der Waals surface area contributed by atoms with Crippen LogP contribution in [-0.2, 0) is 4.74 Å². The third kappa shape index (κ3) is 2.92. The van der Waals surface area contributed by atoms with Crippen molar-refractivity contribution in [3.05, 3.63) is 29.3 Å². The second kappa shape index (κ2) is 5.27. The summed E-state index contributed by atoms with van der Waals surface area (Å²) in [6, 6.07) is 5.63. The van der Waals surface area contributed by atoms with E-state index >= 15 is 0 Å². The average molecular weight is 251 g/mol. The maximum Gasteiger partial charge on any atom is 0.407 e. The summed E-state index contributed by atoms with van der Waals surface area (Å²) in [6.07, 6.45) is -1.28. The van der Waals surface area contributed by atoms with Crippen molar-refractivity contribution in [2.24, 2.45) is 0 Å². The van der Waals surface area contributed by atoms with E-state index in [2.05, 4.69) is 5.32 Å². The zero-order valence-corrected chi connectivity index (χ0v) is 10.5. The fourth-order valence-electron chi connectivity index (χ4n) is 1.83. The number of aliphatic hydroxyl groups is 1. The number of aryl methyl sites for hydroxylation is 1. The number of carbonyl (C=O) groups is 1. The van der Waals surface area contributed by atoms with Crippen LogP contribution >= 0.6 is 0 Å². The number of hydrogen-bond acceptors (Lipinski definition) is 4. The topological polar surface area (TPSA) is 67.8 Å². The molecule has 0 spiro atoms. The van der Waals surface area contributed by atoms with E-state index in [-0.39, 0.29) is 12.7 Å². The number of amides is 1. The van der Waals surface area contributed by atoms with Crippen molar-refractivity contribution in [3.63, 3.8) is 0 Å². The number of ether oxygens (including phenoxy) is 2. The van der Waals surface area contributed by atoms with Crippen molar-refractivity contribution >= 4 is 6.09 Å². The molecule has 2 N–H and O–H groups in total. The first-order chi connectivity index (χ1) is 8.56. The maximum atomic E-state index is 10.9. The highest BCUT2D eigenvalue weighted by Gasteiger charge is 2.23. The van der Waals surface area contributed by atoms with Crippen LogP contribution in [0.2, 0.25) is 0 Å². The Hall–Kier alpha value is -1.75. The van der Waals surface area contributed by atoms with Crippen LogP contribution in [0.25, 0.3) is 0 Å². The van der Waals surface area contributed by atoms with Crippen molar-refractivity contribution in [2.45, 2.75) is 26.1 Å². The minimum absolute atomic E-state index is 0.277. The quantitative estimate of drug-likeness (QED) is 0.851. The number of carbonyl (C=O) groups excluding carboxylic acids is 1. The van der Waals surface area contributed by atoms with Gasteiger partial charge in [-0.2, -0.15) is 0 Å². The van der Waals surface area contributed by atoms with Crippen molar-refractivity contribution in [3.8, 4) is 5.75 Å². The third-order valence-electron chi connectivity index (χ3n) is 2.79. The van der Waals surface area contributed by atoms with Gasteiger partial charge in [-0.25, -0.2) is 4.79 Å². The summed E-state index contributed by atoms with van der Waals surface area (Å²) in [4.78, 5) is 10.9. The largest absolute Gasteiger partial charge is 0.489 e. The number of alkyl carbamates (subject to hydrolysis) is 1. The fraction of sp³-hybridized carbons (Fsp3) is 0.462. The molecular weight excluding hydrogens is 234 g/mol. The van der Waals surface area contributed by atoms with E-state index in [4.69, 9.17) is 9.47 Å². The molecule has 1 aromatic carbocycles. The van der Waals surface area contributed by atoms with E-state index in [1.54, 1.807) is 6.92 Å². The Kier molecular flexibility index (Phi) is 3.72.